The van der Waals surface area contributed by atoms with Gasteiger partial charge in [-0.15, -0.1) is 24.8 Å². The fraction of sp³-hybridized carbons (Fsp3) is 0.310. The number of piperidine rings is 1. The highest BCUT2D eigenvalue weighted by Gasteiger charge is 2.25. The second kappa shape index (κ2) is 16.0. The highest BCUT2D eigenvalue weighted by Crippen LogP contribution is 2.30. The molecule has 2 heterocycles. The van der Waals surface area contributed by atoms with E-state index in [-0.39, 0.29) is 24.8 Å². The topological polar surface area (TPSA) is 19.4 Å². The zero-order chi connectivity index (χ0) is 31.5. The lowest BCUT2D eigenvalue weighted by molar-refractivity contribution is 0.201. The molecule has 0 atom stereocenters. The van der Waals surface area contributed by atoms with Gasteiger partial charge in [-0.05, 0) is 152 Å². The van der Waals surface area contributed by atoms with E-state index in [1.807, 2.05) is 6.20 Å². The van der Waals surface area contributed by atoms with Gasteiger partial charge >= 0.3 is 0 Å². The normalized spacial score (nSPS) is 13.5. The Labute approximate surface area is 294 Å². The van der Waals surface area contributed by atoms with Crippen LogP contribution in [0, 0.1) is 41.5 Å². The van der Waals surface area contributed by atoms with E-state index in [1.165, 1.54) is 66.9 Å². The number of aromatic nitrogens is 1. The van der Waals surface area contributed by atoms with E-state index >= 15 is 0 Å². The van der Waals surface area contributed by atoms with E-state index in [9.17, 15) is 0 Å². The molecule has 0 saturated carbocycles. The summed E-state index contributed by atoms with van der Waals surface area (Å²) in [5.74, 6) is 0. The number of pyridine rings is 1. The number of halogens is 2. The number of anilines is 1. The number of hydrogen-bond acceptors (Lipinski definition) is 3. The quantitative estimate of drug-likeness (QED) is 0.164. The molecule has 4 aromatic carbocycles. The summed E-state index contributed by atoms with van der Waals surface area (Å²) in [5.41, 5.74) is 17.0. The summed E-state index contributed by atoms with van der Waals surface area (Å²) in [5, 5.41) is 0. The molecular weight excluding hydrogens is 617 g/mol. The summed E-state index contributed by atoms with van der Waals surface area (Å²) in [7, 11) is 0. The average Bonchev–Trinajstić information content (AvgIpc) is 3.05. The van der Waals surface area contributed by atoms with Crippen LogP contribution >= 0.6 is 24.8 Å². The lowest BCUT2D eigenvalue weighted by atomic mass is 9.95. The van der Waals surface area contributed by atoms with Crippen molar-refractivity contribution in [1.29, 1.82) is 0 Å². The van der Waals surface area contributed by atoms with Gasteiger partial charge < -0.3 is 4.90 Å². The smallest absolute Gasteiger partial charge is 0.0705 e. The van der Waals surface area contributed by atoms with Gasteiger partial charge in [-0.1, -0.05) is 48.5 Å². The largest absolute Gasteiger partial charge is 0.364 e. The predicted octanol–water partition coefficient (Wildman–Crippen LogP) is 10.8. The van der Waals surface area contributed by atoms with Crippen LogP contribution in [0.4, 0.5) is 5.69 Å². The number of benzene rings is 4. The number of nitrogens with zero attached hydrogens (tertiary/aromatic N) is 3. The first-order valence-corrected chi connectivity index (χ1v) is 16.5. The molecule has 1 aliphatic rings. The molecule has 1 aliphatic heterocycles. The maximum absolute atomic E-state index is 4.74. The number of aryl methyl sites for hydroxylation is 4. The summed E-state index contributed by atoms with van der Waals surface area (Å²) in [6.45, 7) is 17.3. The van der Waals surface area contributed by atoms with Crippen LogP contribution in [0.5, 0.6) is 0 Å². The lowest BCUT2D eigenvalue weighted by Gasteiger charge is -2.40. The number of para-hydroxylation sites is 1. The second-order valence-corrected chi connectivity index (χ2v) is 13.2. The first-order chi connectivity index (χ1) is 21.7. The van der Waals surface area contributed by atoms with Gasteiger partial charge in [-0.3, -0.25) is 9.88 Å². The van der Waals surface area contributed by atoms with Crippen molar-refractivity contribution in [1.82, 2.24) is 9.88 Å². The van der Waals surface area contributed by atoms with Crippen molar-refractivity contribution in [3.63, 3.8) is 0 Å². The standard InChI is InChI=1S/C42H47N3.2ClH/c1-29-21-38(22-30(2)33(29)5)37-12-10-11-35(25-37)28-45(40-13-8-7-9-14-40)41-16-19-44(20-17-41)27-36-15-18-43-42(26-36)39-23-31(3)34(6)32(4)24-39;;/h7-15,18,21-26,41H,16-17,19-20,27-28H2,1-6H3;2*1H. The van der Waals surface area contributed by atoms with Crippen molar-refractivity contribution in [3.8, 4) is 22.4 Å². The van der Waals surface area contributed by atoms with E-state index in [1.54, 1.807) is 0 Å². The Morgan fingerprint density at radius 1 is 0.617 bits per heavy atom. The Bertz CT molecular complexity index is 1750. The molecular formula is C42H49Cl2N3. The Balaban J connectivity index is 0.00000250. The van der Waals surface area contributed by atoms with E-state index in [0.717, 1.165) is 44.7 Å². The van der Waals surface area contributed by atoms with Crippen LogP contribution in [0.25, 0.3) is 22.4 Å². The highest BCUT2D eigenvalue weighted by atomic mass is 35.5. The molecule has 1 aromatic heterocycles. The summed E-state index contributed by atoms with van der Waals surface area (Å²) in [6, 6.07) is 34.4. The zero-order valence-corrected chi connectivity index (χ0v) is 30.3. The minimum atomic E-state index is 0. The Hall–Kier alpha value is -3.63. The third-order valence-corrected chi connectivity index (χ3v) is 10.1. The summed E-state index contributed by atoms with van der Waals surface area (Å²) >= 11 is 0. The molecule has 47 heavy (non-hydrogen) atoms. The minimum absolute atomic E-state index is 0. The monoisotopic (exact) mass is 665 g/mol. The average molecular weight is 667 g/mol. The van der Waals surface area contributed by atoms with Crippen LogP contribution in [0.3, 0.4) is 0 Å². The van der Waals surface area contributed by atoms with Crippen molar-refractivity contribution >= 4 is 30.5 Å². The van der Waals surface area contributed by atoms with Gasteiger partial charge in [0.15, 0.2) is 0 Å². The van der Waals surface area contributed by atoms with E-state index in [2.05, 4.69) is 142 Å². The number of hydrogen-bond donors (Lipinski definition) is 0. The molecule has 0 spiro atoms. The van der Waals surface area contributed by atoms with Gasteiger partial charge in [-0.25, -0.2) is 0 Å². The van der Waals surface area contributed by atoms with Crippen molar-refractivity contribution in [2.24, 2.45) is 0 Å². The lowest BCUT2D eigenvalue weighted by Crippen LogP contribution is -2.44. The molecule has 5 aromatic rings. The fourth-order valence-corrected chi connectivity index (χ4v) is 6.86. The van der Waals surface area contributed by atoms with E-state index in [4.69, 9.17) is 4.98 Å². The third-order valence-electron chi connectivity index (χ3n) is 10.1. The van der Waals surface area contributed by atoms with Crippen LogP contribution in [0.15, 0.2) is 97.2 Å². The third kappa shape index (κ3) is 8.46. The van der Waals surface area contributed by atoms with Crippen LogP contribution in [0.1, 0.15) is 57.3 Å². The molecule has 3 nitrogen and oxygen atoms in total. The molecule has 0 bridgehead atoms. The van der Waals surface area contributed by atoms with Crippen LogP contribution in [-0.4, -0.2) is 29.0 Å². The molecule has 0 aliphatic carbocycles. The predicted molar refractivity (Wildman–Crippen MR) is 205 cm³/mol. The Morgan fingerprint density at radius 3 is 1.83 bits per heavy atom. The van der Waals surface area contributed by atoms with E-state index in [0.29, 0.717) is 6.04 Å². The molecule has 0 amide bonds. The highest BCUT2D eigenvalue weighted by molar-refractivity contribution is 5.85. The molecule has 0 radical (unpaired) electrons. The number of likely N-dealkylation sites (tertiary alicyclic amines) is 1. The van der Waals surface area contributed by atoms with Crippen LogP contribution in [0.2, 0.25) is 0 Å². The van der Waals surface area contributed by atoms with E-state index < -0.39 is 0 Å². The van der Waals surface area contributed by atoms with Crippen molar-refractivity contribution in [2.45, 2.75) is 73.5 Å². The molecule has 0 N–H and O–H groups in total. The molecule has 1 fully saturated rings. The van der Waals surface area contributed by atoms with Gasteiger partial charge in [0.1, 0.15) is 0 Å². The van der Waals surface area contributed by atoms with Gasteiger partial charge in [0.05, 0.1) is 5.69 Å². The van der Waals surface area contributed by atoms with Gasteiger partial charge in [0, 0.05) is 49.7 Å². The first kappa shape index (κ1) is 36.2. The first-order valence-electron chi connectivity index (χ1n) is 16.5. The Morgan fingerprint density at radius 2 is 1.21 bits per heavy atom. The van der Waals surface area contributed by atoms with Gasteiger partial charge in [0.25, 0.3) is 0 Å². The Kier molecular flexibility index (Phi) is 12.3. The van der Waals surface area contributed by atoms with Crippen LogP contribution in [-0.2, 0) is 13.1 Å². The van der Waals surface area contributed by atoms with Crippen molar-refractivity contribution in [2.75, 3.05) is 18.0 Å². The molecule has 5 heteroatoms. The van der Waals surface area contributed by atoms with Crippen molar-refractivity contribution in [3.05, 3.63) is 142 Å². The SMILES string of the molecule is Cc1cc(-c2cccc(CN(c3ccccc3)C3CCN(Cc4ccnc(-c5cc(C)c(C)c(C)c5)c4)CC3)c2)cc(C)c1C.Cl.Cl. The zero-order valence-electron chi connectivity index (χ0n) is 28.7. The molecule has 6 rings (SSSR count). The van der Waals surface area contributed by atoms with Crippen LogP contribution < -0.4 is 4.90 Å². The molecule has 1 saturated heterocycles. The number of rotatable bonds is 8. The summed E-state index contributed by atoms with van der Waals surface area (Å²) in [4.78, 5) is 10.0. The minimum Gasteiger partial charge on any atom is -0.364 e. The summed E-state index contributed by atoms with van der Waals surface area (Å²) in [6.07, 6.45) is 4.28. The fourth-order valence-electron chi connectivity index (χ4n) is 6.86. The summed E-state index contributed by atoms with van der Waals surface area (Å²) < 4.78 is 0. The molecule has 0 unspecified atom stereocenters. The van der Waals surface area contributed by atoms with Crippen molar-refractivity contribution < 1.29 is 0 Å². The second-order valence-electron chi connectivity index (χ2n) is 13.2. The molecule has 246 valence electrons. The van der Waals surface area contributed by atoms with Gasteiger partial charge in [0.2, 0.25) is 0 Å². The van der Waals surface area contributed by atoms with Gasteiger partial charge in [-0.2, -0.15) is 0 Å². The maximum atomic E-state index is 4.74. The maximum Gasteiger partial charge on any atom is 0.0705 e.